The number of aryl methyl sites for hydroxylation is 1. The topological polar surface area (TPSA) is 59.7 Å². The largest absolute Gasteiger partial charge is 0.497 e. The number of rotatable bonds is 4. The van der Waals surface area contributed by atoms with Gasteiger partial charge in [-0.05, 0) is 73.4 Å². The molecule has 5 rings (SSSR count). The van der Waals surface area contributed by atoms with E-state index in [4.69, 9.17) is 4.74 Å². The highest BCUT2D eigenvalue weighted by atomic mass is 16.5. The molecule has 0 radical (unpaired) electrons. The predicted molar refractivity (Wildman–Crippen MR) is 115 cm³/mol. The van der Waals surface area contributed by atoms with Crippen molar-refractivity contribution in [3.05, 3.63) is 59.5 Å². The van der Waals surface area contributed by atoms with Crippen LogP contribution in [0.15, 0.2) is 42.6 Å². The summed E-state index contributed by atoms with van der Waals surface area (Å²) < 4.78 is 7.45. The lowest BCUT2D eigenvalue weighted by Gasteiger charge is -2.33. The van der Waals surface area contributed by atoms with Crippen molar-refractivity contribution in [2.75, 3.05) is 20.2 Å². The third-order valence-corrected chi connectivity index (χ3v) is 6.76. The van der Waals surface area contributed by atoms with E-state index in [9.17, 15) is 4.79 Å². The average molecular weight is 405 g/mol. The second-order valence-electron chi connectivity index (χ2n) is 8.50. The molecule has 1 atom stereocenters. The number of methoxy groups -OCH3 is 1. The maximum atomic E-state index is 13.1. The molecule has 1 saturated heterocycles. The maximum Gasteiger partial charge on any atom is 0.223 e. The predicted octanol–water partition coefficient (Wildman–Crippen LogP) is 3.95. The molecule has 1 aliphatic heterocycles. The van der Waals surface area contributed by atoms with Crippen LogP contribution in [0.4, 0.5) is 0 Å². The summed E-state index contributed by atoms with van der Waals surface area (Å²) in [6.07, 6.45) is 7.83. The van der Waals surface area contributed by atoms with Gasteiger partial charge < -0.3 is 9.64 Å². The van der Waals surface area contributed by atoms with Gasteiger partial charge in [0.1, 0.15) is 11.6 Å². The summed E-state index contributed by atoms with van der Waals surface area (Å²) in [7, 11) is 1.71. The molecule has 1 aromatic carbocycles. The molecule has 2 aliphatic rings. The third kappa shape index (κ3) is 3.55. The number of likely N-dealkylation sites (tertiary alicyclic amines) is 1. The van der Waals surface area contributed by atoms with Gasteiger partial charge in [0.2, 0.25) is 5.91 Å². The van der Waals surface area contributed by atoms with Gasteiger partial charge in [-0.2, -0.15) is 0 Å². The van der Waals surface area contributed by atoms with Gasteiger partial charge in [-0.1, -0.05) is 12.1 Å². The van der Waals surface area contributed by atoms with Gasteiger partial charge >= 0.3 is 0 Å². The van der Waals surface area contributed by atoms with Gasteiger partial charge in [0.05, 0.1) is 7.11 Å². The minimum atomic E-state index is 0.285. The number of carbonyl (C=O) groups excluding carboxylic acids is 1. The molecule has 0 saturated carbocycles. The van der Waals surface area contributed by atoms with E-state index in [1.165, 1.54) is 11.1 Å². The SMILES string of the molecule is COc1ccc2c(c1)CCCC2CC(=O)N1CCC(c2nnc3ccccn23)CC1. The van der Waals surface area contributed by atoms with E-state index in [0.29, 0.717) is 18.3 Å². The van der Waals surface area contributed by atoms with Crippen LogP contribution in [-0.4, -0.2) is 45.6 Å². The number of hydrogen-bond donors (Lipinski definition) is 0. The van der Waals surface area contributed by atoms with Crippen LogP contribution in [0.1, 0.15) is 60.9 Å². The molecule has 1 unspecified atom stereocenters. The average Bonchev–Trinajstić information content (AvgIpc) is 3.23. The minimum Gasteiger partial charge on any atom is -0.497 e. The van der Waals surface area contributed by atoms with Crippen molar-refractivity contribution in [1.82, 2.24) is 19.5 Å². The quantitative estimate of drug-likeness (QED) is 0.661. The van der Waals surface area contributed by atoms with Crippen molar-refractivity contribution in [3.63, 3.8) is 0 Å². The number of piperidine rings is 1. The van der Waals surface area contributed by atoms with Gasteiger partial charge in [0.15, 0.2) is 5.65 Å². The molecule has 3 aromatic rings. The molecule has 2 aromatic heterocycles. The van der Waals surface area contributed by atoms with Crippen LogP contribution in [-0.2, 0) is 11.2 Å². The van der Waals surface area contributed by atoms with Crippen molar-refractivity contribution in [1.29, 1.82) is 0 Å². The van der Waals surface area contributed by atoms with Crippen LogP contribution in [0.3, 0.4) is 0 Å². The molecule has 0 spiro atoms. The van der Waals surface area contributed by atoms with Gasteiger partial charge in [0.25, 0.3) is 0 Å². The smallest absolute Gasteiger partial charge is 0.223 e. The van der Waals surface area contributed by atoms with E-state index in [1.54, 1.807) is 7.11 Å². The summed E-state index contributed by atoms with van der Waals surface area (Å²) in [6.45, 7) is 1.60. The number of aromatic nitrogens is 3. The van der Waals surface area contributed by atoms with E-state index in [0.717, 1.165) is 62.4 Å². The van der Waals surface area contributed by atoms with Gasteiger partial charge in [-0.25, -0.2) is 0 Å². The lowest BCUT2D eigenvalue weighted by molar-refractivity contribution is -0.132. The molecule has 156 valence electrons. The summed E-state index contributed by atoms with van der Waals surface area (Å²) in [5, 5.41) is 8.70. The molecule has 0 N–H and O–H groups in total. The summed E-state index contributed by atoms with van der Waals surface area (Å²) in [5.41, 5.74) is 3.56. The summed E-state index contributed by atoms with van der Waals surface area (Å²) in [5.74, 6) is 2.89. The lowest BCUT2D eigenvalue weighted by atomic mass is 9.80. The first kappa shape index (κ1) is 19.1. The fourth-order valence-electron chi connectivity index (χ4n) is 5.10. The Morgan fingerprint density at radius 2 is 2.00 bits per heavy atom. The van der Waals surface area contributed by atoms with E-state index in [-0.39, 0.29) is 5.91 Å². The molecule has 3 heterocycles. The van der Waals surface area contributed by atoms with Crippen molar-refractivity contribution in [2.45, 2.75) is 50.4 Å². The highest BCUT2D eigenvalue weighted by Crippen LogP contribution is 2.37. The van der Waals surface area contributed by atoms with Gasteiger partial charge in [-0.15, -0.1) is 10.2 Å². The zero-order valence-corrected chi connectivity index (χ0v) is 17.5. The fourth-order valence-corrected chi connectivity index (χ4v) is 5.10. The third-order valence-electron chi connectivity index (χ3n) is 6.76. The van der Waals surface area contributed by atoms with Crippen molar-refractivity contribution in [3.8, 4) is 5.75 Å². The minimum absolute atomic E-state index is 0.285. The van der Waals surface area contributed by atoms with Crippen LogP contribution >= 0.6 is 0 Å². The van der Waals surface area contributed by atoms with E-state index >= 15 is 0 Å². The molecule has 30 heavy (non-hydrogen) atoms. The van der Waals surface area contributed by atoms with Crippen LogP contribution in [0.25, 0.3) is 5.65 Å². The monoisotopic (exact) mass is 404 g/mol. The highest BCUT2D eigenvalue weighted by molar-refractivity contribution is 5.77. The maximum absolute atomic E-state index is 13.1. The molecular weight excluding hydrogens is 376 g/mol. The standard InChI is InChI=1S/C24H28N4O2/c1-30-20-8-9-21-18(15-20)5-4-6-19(21)16-23(29)27-13-10-17(11-14-27)24-26-25-22-7-2-3-12-28(22)24/h2-3,7-9,12,15,17,19H,4-6,10-11,13-14,16H2,1H3. The number of fused-ring (bicyclic) bond motifs is 2. The second-order valence-corrected chi connectivity index (χ2v) is 8.50. The Labute approximate surface area is 176 Å². The van der Waals surface area contributed by atoms with Gasteiger partial charge in [0, 0.05) is 31.6 Å². The zero-order chi connectivity index (χ0) is 20.5. The Morgan fingerprint density at radius 3 is 2.83 bits per heavy atom. The Balaban J connectivity index is 1.23. The Hall–Kier alpha value is -2.89. The number of hydrogen-bond acceptors (Lipinski definition) is 4. The molecule has 6 nitrogen and oxygen atoms in total. The van der Waals surface area contributed by atoms with Crippen molar-refractivity contribution < 1.29 is 9.53 Å². The molecule has 6 heteroatoms. The van der Waals surface area contributed by atoms with Crippen molar-refractivity contribution in [2.24, 2.45) is 0 Å². The number of carbonyl (C=O) groups is 1. The zero-order valence-electron chi connectivity index (χ0n) is 17.5. The Morgan fingerprint density at radius 1 is 1.13 bits per heavy atom. The fraction of sp³-hybridized carbons (Fsp3) is 0.458. The molecule has 1 amide bonds. The highest BCUT2D eigenvalue weighted by Gasteiger charge is 2.29. The lowest BCUT2D eigenvalue weighted by Crippen LogP contribution is -2.39. The first-order valence-corrected chi connectivity index (χ1v) is 11.0. The van der Waals surface area contributed by atoms with Crippen molar-refractivity contribution >= 4 is 11.6 Å². The number of benzene rings is 1. The Kier molecular flexibility index (Phi) is 5.15. The van der Waals surface area contributed by atoms with E-state index in [2.05, 4.69) is 31.6 Å². The van der Waals surface area contributed by atoms with Crippen LogP contribution in [0.5, 0.6) is 5.75 Å². The summed E-state index contributed by atoms with van der Waals surface area (Å²) in [4.78, 5) is 15.1. The number of ether oxygens (including phenoxy) is 1. The summed E-state index contributed by atoms with van der Waals surface area (Å²) in [6, 6.07) is 12.3. The summed E-state index contributed by atoms with van der Waals surface area (Å²) >= 11 is 0. The Bertz CT molecular complexity index is 1050. The van der Waals surface area contributed by atoms with E-state index < -0.39 is 0 Å². The van der Waals surface area contributed by atoms with Crippen LogP contribution in [0, 0.1) is 0 Å². The van der Waals surface area contributed by atoms with Crippen LogP contribution < -0.4 is 4.74 Å². The molecule has 1 aliphatic carbocycles. The number of amides is 1. The van der Waals surface area contributed by atoms with Gasteiger partial charge in [-0.3, -0.25) is 9.20 Å². The molecular formula is C24H28N4O2. The second kappa shape index (κ2) is 8.09. The number of pyridine rings is 1. The normalized spacial score (nSPS) is 19.6. The number of nitrogens with zero attached hydrogens (tertiary/aromatic N) is 4. The van der Waals surface area contributed by atoms with E-state index in [1.807, 2.05) is 30.5 Å². The first-order valence-electron chi connectivity index (χ1n) is 11.0. The molecule has 0 bridgehead atoms. The molecule has 1 fully saturated rings. The first-order chi connectivity index (χ1) is 14.7. The van der Waals surface area contributed by atoms with Crippen LogP contribution in [0.2, 0.25) is 0 Å².